The van der Waals surface area contributed by atoms with Gasteiger partial charge in [-0.25, -0.2) is 0 Å². The van der Waals surface area contributed by atoms with Crippen LogP contribution in [0, 0.1) is 0 Å². The summed E-state index contributed by atoms with van der Waals surface area (Å²) in [6, 6.07) is 9.61. The smallest absolute Gasteiger partial charge is 0.320 e. The first-order valence-corrected chi connectivity index (χ1v) is 15.7. The molecule has 0 saturated carbocycles. The molecule has 0 fully saturated rings. The predicted molar refractivity (Wildman–Crippen MR) is 173 cm³/mol. The number of rotatable bonds is 20. The number of ether oxygens (including phenoxy) is 4. The molecule has 0 spiro atoms. The second-order valence-corrected chi connectivity index (χ2v) is 13.9. The first-order valence-electron chi connectivity index (χ1n) is 15.7. The Bertz CT molecular complexity index is 1000. The monoisotopic (exact) mass is 638 g/mol. The summed E-state index contributed by atoms with van der Waals surface area (Å²) < 4.78 is 21.9. The van der Waals surface area contributed by atoms with Crippen LogP contribution in [0.25, 0.3) is 0 Å². The van der Waals surface area contributed by atoms with Gasteiger partial charge in [0.2, 0.25) is 0 Å². The van der Waals surface area contributed by atoms with Crippen LogP contribution < -0.4 is 10.6 Å². The maximum Gasteiger partial charge on any atom is 0.320 e. The average molecular weight is 639 g/mol. The minimum absolute atomic E-state index is 0.0505. The predicted octanol–water partition coefficient (Wildman–Crippen LogP) is 2.33. The molecule has 1 aromatic rings. The number of carbonyl (C=O) groups excluding carboxylic acids is 3. The van der Waals surface area contributed by atoms with E-state index in [4.69, 9.17) is 18.9 Å². The van der Waals surface area contributed by atoms with E-state index in [1.807, 2.05) is 102 Å². The second kappa shape index (κ2) is 19.8. The summed E-state index contributed by atoms with van der Waals surface area (Å²) in [5.74, 6) is -1.07. The van der Waals surface area contributed by atoms with Crippen molar-refractivity contribution >= 4 is 17.9 Å². The summed E-state index contributed by atoms with van der Waals surface area (Å²) in [7, 11) is 0. The van der Waals surface area contributed by atoms with E-state index in [1.165, 1.54) is 0 Å². The largest absolute Gasteiger partial charge is 0.459 e. The maximum atomic E-state index is 12.7. The topological polar surface area (TPSA) is 139 Å². The van der Waals surface area contributed by atoms with Crippen molar-refractivity contribution in [2.45, 2.75) is 92.0 Å². The fraction of sp³-hybridized carbons (Fsp3) is 0.727. The van der Waals surface area contributed by atoms with E-state index < -0.39 is 23.1 Å². The van der Waals surface area contributed by atoms with Gasteiger partial charge in [-0.1, -0.05) is 30.3 Å². The first-order chi connectivity index (χ1) is 20.8. The Balaban J connectivity index is 2.75. The van der Waals surface area contributed by atoms with Gasteiger partial charge in [-0.15, -0.1) is 0 Å². The molecule has 258 valence electrons. The lowest BCUT2D eigenvalue weighted by molar-refractivity contribution is -0.158. The Morgan fingerprint density at radius 2 is 1.13 bits per heavy atom. The summed E-state index contributed by atoms with van der Waals surface area (Å²) in [6.45, 7) is 19.8. The van der Waals surface area contributed by atoms with Crippen molar-refractivity contribution in [2.24, 2.45) is 0 Å². The molecule has 0 saturated heterocycles. The fourth-order valence-corrected chi connectivity index (χ4v) is 4.03. The van der Waals surface area contributed by atoms with Crippen LogP contribution in [0.5, 0.6) is 0 Å². The molecule has 0 amide bonds. The molecule has 1 rings (SSSR count). The van der Waals surface area contributed by atoms with Crippen molar-refractivity contribution < 1.29 is 38.4 Å². The number of nitrogens with one attached hydrogen (secondary N) is 2. The normalized spacial score (nSPS) is 13.2. The zero-order valence-electron chi connectivity index (χ0n) is 28.9. The van der Waals surface area contributed by atoms with Crippen LogP contribution in [0.15, 0.2) is 30.3 Å². The van der Waals surface area contributed by atoms with E-state index in [9.17, 15) is 19.5 Å². The summed E-state index contributed by atoms with van der Waals surface area (Å²) in [4.78, 5) is 41.3. The Morgan fingerprint density at radius 3 is 1.60 bits per heavy atom. The van der Waals surface area contributed by atoms with Crippen molar-refractivity contribution in [3.8, 4) is 0 Å². The quantitative estimate of drug-likeness (QED) is 0.0836. The highest BCUT2D eigenvalue weighted by atomic mass is 16.6. The molecule has 1 aromatic carbocycles. The lowest BCUT2D eigenvalue weighted by atomic mass is 10.2. The Kier molecular flexibility index (Phi) is 17.8. The molecule has 1 unspecified atom stereocenters. The van der Waals surface area contributed by atoms with Crippen LogP contribution in [0.2, 0.25) is 0 Å². The Labute approximate surface area is 270 Å². The number of aliphatic hydroxyl groups is 1. The molecule has 12 heteroatoms. The minimum Gasteiger partial charge on any atom is -0.459 e. The van der Waals surface area contributed by atoms with Gasteiger partial charge in [0.1, 0.15) is 16.8 Å². The van der Waals surface area contributed by atoms with Gasteiger partial charge in [-0.05, 0) is 67.9 Å². The molecule has 0 radical (unpaired) electrons. The number of hydrogen-bond donors (Lipinski definition) is 3. The van der Waals surface area contributed by atoms with Crippen molar-refractivity contribution in [2.75, 3.05) is 65.4 Å². The fourth-order valence-electron chi connectivity index (χ4n) is 4.03. The van der Waals surface area contributed by atoms with Gasteiger partial charge in [-0.2, -0.15) is 0 Å². The third-order valence-electron chi connectivity index (χ3n) is 5.78. The maximum absolute atomic E-state index is 12.7. The number of nitrogens with zero attached hydrogens (tertiary/aromatic N) is 2. The molecule has 0 aromatic heterocycles. The lowest BCUT2D eigenvalue weighted by Gasteiger charge is -2.29. The van der Waals surface area contributed by atoms with E-state index in [2.05, 4.69) is 10.6 Å². The van der Waals surface area contributed by atoms with Gasteiger partial charge in [0.25, 0.3) is 0 Å². The van der Waals surface area contributed by atoms with Crippen LogP contribution in [0.3, 0.4) is 0 Å². The van der Waals surface area contributed by atoms with Crippen LogP contribution in [0.1, 0.15) is 67.9 Å². The first kappa shape index (κ1) is 40.4. The van der Waals surface area contributed by atoms with Crippen LogP contribution in [0.4, 0.5) is 0 Å². The zero-order valence-corrected chi connectivity index (χ0v) is 28.9. The SMILES string of the molecule is CC(C)(C)OC(=O)CNCCN(CCN(CCNCC(O)OCc1ccccc1)CC(=O)OC(C)(C)C)CC(=O)OC(C)(C)C. The zero-order chi connectivity index (χ0) is 34.1. The van der Waals surface area contributed by atoms with Gasteiger partial charge in [0, 0.05) is 45.8 Å². The summed E-state index contributed by atoms with van der Waals surface area (Å²) in [5, 5.41) is 16.5. The Hall–Kier alpha value is -2.61. The molecule has 0 aliphatic rings. The minimum atomic E-state index is -0.984. The van der Waals surface area contributed by atoms with E-state index >= 15 is 0 Å². The number of aliphatic hydroxyl groups excluding tert-OH is 1. The molecule has 0 bridgehead atoms. The Morgan fingerprint density at radius 1 is 0.689 bits per heavy atom. The second-order valence-electron chi connectivity index (χ2n) is 13.9. The molecule has 3 N–H and O–H groups in total. The molecule has 45 heavy (non-hydrogen) atoms. The molecule has 0 heterocycles. The molecule has 1 atom stereocenters. The van der Waals surface area contributed by atoms with Crippen LogP contribution in [-0.2, 0) is 39.9 Å². The molecule has 12 nitrogen and oxygen atoms in total. The number of carbonyl (C=O) groups is 3. The van der Waals surface area contributed by atoms with E-state index in [0.717, 1.165) is 5.56 Å². The lowest BCUT2D eigenvalue weighted by Crippen LogP contribution is -2.46. The molecular weight excluding hydrogens is 580 g/mol. The summed E-state index contributed by atoms with van der Waals surface area (Å²) in [5.41, 5.74) is -0.844. The van der Waals surface area contributed by atoms with Crippen molar-refractivity contribution in [1.82, 2.24) is 20.4 Å². The van der Waals surface area contributed by atoms with Crippen molar-refractivity contribution in [3.63, 3.8) is 0 Å². The number of hydrogen-bond acceptors (Lipinski definition) is 12. The number of esters is 3. The molecule has 0 aliphatic heterocycles. The van der Waals surface area contributed by atoms with Gasteiger partial charge in [0.15, 0.2) is 6.29 Å². The molecular formula is C33H58N4O8. The standard InChI is InChI=1S/C33H58N4O8/c1-31(2,3)43-28(39)22-35-16-18-37(24-30(41)45-33(7,8)9)20-19-36(23-29(40)44-32(4,5)6)17-15-34-21-27(38)42-25-26-13-11-10-12-14-26/h10-14,27,34-35,38H,15-25H2,1-9H3. The van der Waals surface area contributed by atoms with Gasteiger partial charge < -0.3 is 34.7 Å². The van der Waals surface area contributed by atoms with E-state index in [0.29, 0.717) is 45.9 Å². The summed E-state index contributed by atoms with van der Waals surface area (Å²) >= 11 is 0. The third-order valence-corrected chi connectivity index (χ3v) is 5.78. The van der Waals surface area contributed by atoms with Gasteiger partial charge in [0.05, 0.1) is 26.2 Å². The third kappa shape index (κ3) is 23.4. The summed E-state index contributed by atoms with van der Waals surface area (Å²) in [6.07, 6.45) is -0.984. The van der Waals surface area contributed by atoms with E-state index in [1.54, 1.807) is 0 Å². The van der Waals surface area contributed by atoms with Gasteiger partial charge in [-0.3, -0.25) is 24.2 Å². The van der Waals surface area contributed by atoms with Gasteiger partial charge >= 0.3 is 17.9 Å². The highest BCUT2D eigenvalue weighted by Crippen LogP contribution is 2.10. The highest BCUT2D eigenvalue weighted by Gasteiger charge is 2.22. The van der Waals surface area contributed by atoms with Crippen LogP contribution in [-0.4, -0.2) is 121 Å². The number of benzene rings is 1. The highest BCUT2D eigenvalue weighted by molar-refractivity contribution is 5.73. The van der Waals surface area contributed by atoms with Crippen LogP contribution >= 0.6 is 0 Å². The molecule has 0 aliphatic carbocycles. The van der Waals surface area contributed by atoms with Crippen molar-refractivity contribution in [3.05, 3.63) is 35.9 Å². The van der Waals surface area contributed by atoms with Crippen molar-refractivity contribution in [1.29, 1.82) is 0 Å². The van der Waals surface area contributed by atoms with E-state index in [-0.39, 0.29) is 44.1 Å². The average Bonchev–Trinajstić information content (AvgIpc) is 2.87.